The third-order valence-electron chi connectivity index (χ3n) is 3.74. The standard InChI is InChI=1S/C11H22/c1-6-11(5)8-10(3,4)7-9(11)2/h9H,6-8H2,1-5H3. The van der Waals surface area contributed by atoms with Gasteiger partial charge in [-0.1, -0.05) is 41.0 Å². The summed E-state index contributed by atoms with van der Waals surface area (Å²) in [6.07, 6.45) is 4.17. The molecule has 0 aromatic carbocycles. The summed E-state index contributed by atoms with van der Waals surface area (Å²) < 4.78 is 0. The Bertz CT molecular complexity index is 146. The van der Waals surface area contributed by atoms with Gasteiger partial charge in [0.15, 0.2) is 0 Å². The van der Waals surface area contributed by atoms with E-state index in [-0.39, 0.29) is 0 Å². The maximum absolute atomic E-state index is 2.45. The van der Waals surface area contributed by atoms with Crippen molar-refractivity contribution < 1.29 is 0 Å². The van der Waals surface area contributed by atoms with Crippen LogP contribution in [0.1, 0.15) is 53.9 Å². The van der Waals surface area contributed by atoms with E-state index < -0.39 is 0 Å². The molecule has 1 rings (SSSR count). The van der Waals surface area contributed by atoms with Gasteiger partial charge >= 0.3 is 0 Å². The van der Waals surface area contributed by atoms with Crippen LogP contribution < -0.4 is 0 Å². The van der Waals surface area contributed by atoms with Crippen molar-refractivity contribution in [3.05, 3.63) is 0 Å². The molecule has 0 aromatic heterocycles. The van der Waals surface area contributed by atoms with Crippen LogP contribution in [-0.2, 0) is 0 Å². The van der Waals surface area contributed by atoms with Gasteiger partial charge in [0.1, 0.15) is 0 Å². The normalized spacial score (nSPS) is 42.8. The van der Waals surface area contributed by atoms with Crippen LogP contribution in [0.3, 0.4) is 0 Å². The van der Waals surface area contributed by atoms with Crippen molar-refractivity contribution in [1.82, 2.24) is 0 Å². The molecular weight excluding hydrogens is 132 g/mol. The van der Waals surface area contributed by atoms with E-state index in [0.29, 0.717) is 10.8 Å². The first-order valence-corrected chi connectivity index (χ1v) is 4.90. The van der Waals surface area contributed by atoms with Crippen molar-refractivity contribution in [3.63, 3.8) is 0 Å². The highest BCUT2D eigenvalue weighted by Crippen LogP contribution is 2.54. The van der Waals surface area contributed by atoms with Crippen LogP contribution in [0.5, 0.6) is 0 Å². The van der Waals surface area contributed by atoms with Crippen LogP contribution in [0.4, 0.5) is 0 Å². The van der Waals surface area contributed by atoms with E-state index in [2.05, 4.69) is 34.6 Å². The zero-order valence-corrected chi connectivity index (χ0v) is 8.70. The summed E-state index contributed by atoms with van der Waals surface area (Å²) in [5, 5.41) is 0. The van der Waals surface area contributed by atoms with Crippen LogP contribution in [0, 0.1) is 16.7 Å². The summed E-state index contributed by atoms with van der Waals surface area (Å²) in [5.74, 6) is 0.919. The molecule has 0 aliphatic heterocycles. The van der Waals surface area contributed by atoms with Gasteiger partial charge in [-0.2, -0.15) is 0 Å². The molecule has 11 heavy (non-hydrogen) atoms. The van der Waals surface area contributed by atoms with Gasteiger partial charge in [0.25, 0.3) is 0 Å². The van der Waals surface area contributed by atoms with Crippen molar-refractivity contribution in [2.75, 3.05) is 0 Å². The molecule has 0 heterocycles. The fourth-order valence-electron chi connectivity index (χ4n) is 2.89. The second-order valence-corrected chi connectivity index (χ2v) is 5.45. The Morgan fingerprint density at radius 3 is 2.00 bits per heavy atom. The maximum Gasteiger partial charge on any atom is -0.0298 e. The molecule has 0 nitrogen and oxygen atoms in total. The molecule has 2 unspecified atom stereocenters. The average Bonchev–Trinajstić information content (AvgIpc) is 2.03. The van der Waals surface area contributed by atoms with Crippen molar-refractivity contribution in [3.8, 4) is 0 Å². The molecule has 1 aliphatic carbocycles. The molecule has 0 heteroatoms. The topological polar surface area (TPSA) is 0 Å². The van der Waals surface area contributed by atoms with E-state index >= 15 is 0 Å². The van der Waals surface area contributed by atoms with Crippen molar-refractivity contribution in [2.45, 2.75) is 53.9 Å². The van der Waals surface area contributed by atoms with E-state index in [0.717, 1.165) is 5.92 Å². The lowest BCUT2D eigenvalue weighted by Gasteiger charge is -2.28. The largest absolute Gasteiger partial charge is 0.0649 e. The summed E-state index contributed by atoms with van der Waals surface area (Å²) in [7, 11) is 0. The predicted octanol–water partition coefficient (Wildman–Crippen LogP) is 3.86. The SMILES string of the molecule is CCC1(C)CC(C)(C)CC1C. The Balaban J connectivity index is 2.73. The van der Waals surface area contributed by atoms with Crippen LogP contribution in [0.25, 0.3) is 0 Å². The van der Waals surface area contributed by atoms with Crippen LogP contribution >= 0.6 is 0 Å². The maximum atomic E-state index is 2.45. The lowest BCUT2D eigenvalue weighted by molar-refractivity contribution is 0.225. The minimum atomic E-state index is 0.601. The highest BCUT2D eigenvalue weighted by Gasteiger charge is 2.43. The van der Waals surface area contributed by atoms with Gasteiger partial charge in [0.05, 0.1) is 0 Å². The Morgan fingerprint density at radius 2 is 1.82 bits per heavy atom. The fourth-order valence-corrected chi connectivity index (χ4v) is 2.89. The summed E-state index contributed by atoms with van der Waals surface area (Å²) >= 11 is 0. The third-order valence-corrected chi connectivity index (χ3v) is 3.74. The van der Waals surface area contributed by atoms with Gasteiger partial charge in [0.2, 0.25) is 0 Å². The highest BCUT2D eigenvalue weighted by atomic mass is 14.5. The molecule has 0 spiro atoms. The number of rotatable bonds is 1. The third kappa shape index (κ3) is 1.60. The van der Waals surface area contributed by atoms with Crippen molar-refractivity contribution in [1.29, 1.82) is 0 Å². The molecule has 0 aromatic rings. The number of hydrogen-bond acceptors (Lipinski definition) is 0. The average molecular weight is 154 g/mol. The Morgan fingerprint density at radius 1 is 1.27 bits per heavy atom. The molecule has 2 atom stereocenters. The van der Waals surface area contributed by atoms with Crippen molar-refractivity contribution in [2.24, 2.45) is 16.7 Å². The van der Waals surface area contributed by atoms with Crippen molar-refractivity contribution >= 4 is 0 Å². The predicted molar refractivity (Wildman–Crippen MR) is 50.6 cm³/mol. The highest BCUT2D eigenvalue weighted by molar-refractivity contribution is 4.94. The fraction of sp³-hybridized carbons (Fsp3) is 1.00. The van der Waals surface area contributed by atoms with E-state index in [1.54, 1.807) is 0 Å². The molecule has 0 amide bonds. The van der Waals surface area contributed by atoms with Gasteiger partial charge < -0.3 is 0 Å². The Labute approximate surface area is 71.4 Å². The minimum Gasteiger partial charge on any atom is -0.0649 e. The number of hydrogen-bond donors (Lipinski definition) is 0. The molecule has 1 saturated carbocycles. The summed E-state index contributed by atoms with van der Waals surface area (Å²) in [4.78, 5) is 0. The van der Waals surface area contributed by atoms with Gasteiger partial charge in [-0.05, 0) is 29.6 Å². The monoisotopic (exact) mass is 154 g/mol. The van der Waals surface area contributed by atoms with Gasteiger partial charge in [0, 0.05) is 0 Å². The first kappa shape index (κ1) is 9.09. The molecule has 1 aliphatic rings. The van der Waals surface area contributed by atoms with Gasteiger partial charge in [-0.15, -0.1) is 0 Å². The molecule has 0 bridgehead atoms. The van der Waals surface area contributed by atoms with Crippen LogP contribution in [0.2, 0.25) is 0 Å². The molecule has 0 radical (unpaired) electrons. The molecule has 0 N–H and O–H groups in total. The lowest BCUT2D eigenvalue weighted by atomic mass is 9.77. The summed E-state index contributed by atoms with van der Waals surface area (Å²) in [6.45, 7) is 12.0. The molecule has 1 fully saturated rings. The summed E-state index contributed by atoms with van der Waals surface area (Å²) in [5.41, 5.74) is 1.23. The zero-order valence-electron chi connectivity index (χ0n) is 8.70. The molecular formula is C11H22. The van der Waals surface area contributed by atoms with Crippen LogP contribution in [-0.4, -0.2) is 0 Å². The van der Waals surface area contributed by atoms with Gasteiger partial charge in [-0.3, -0.25) is 0 Å². The van der Waals surface area contributed by atoms with Crippen LogP contribution in [0.15, 0.2) is 0 Å². The summed E-state index contributed by atoms with van der Waals surface area (Å²) in [6, 6.07) is 0. The minimum absolute atomic E-state index is 0.601. The molecule has 66 valence electrons. The van der Waals surface area contributed by atoms with E-state index in [1.807, 2.05) is 0 Å². The van der Waals surface area contributed by atoms with Gasteiger partial charge in [-0.25, -0.2) is 0 Å². The second kappa shape index (κ2) is 2.50. The first-order valence-electron chi connectivity index (χ1n) is 4.90. The smallest absolute Gasteiger partial charge is 0.0298 e. The Hall–Kier alpha value is 0. The first-order chi connectivity index (χ1) is 4.90. The quantitative estimate of drug-likeness (QED) is 0.538. The van der Waals surface area contributed by atoms with E-state index in [9.17, 15) is 0 Å². The van der Waals surface area contributed by atoms with E-state index in [1.165, 1.54) is 19.3 Å². The molecule has 0 saturated heterocycles. The lowest BCUT2D eigenvalue weighted by Crippen LogP contribution is -2.18. The Kier molecular flexibility index (Phi) is 2.07. The zero-order chi connectivity index (χ0) is 8.70. The second-order valence-electron chi connectivity index (χ2n) is 5.45. The van der Waals surface area contributed by atoms with E-state index in [4.69, 9.17) is 0 Å².